The molecule has 0 bridgehead atoms. The molecule has 8 aromatic carbocycles. The largest absolute Gasteiger partial charge is 0.311 e. The van der Waals surface area contributed by atoms with Crippen molar-refractivity contribution in [3.8, 4) is 55.9 Å². The molecule has 250 valence electrons. The third-order valence-corrected chi connectivity index (χ3v) is 9.68. The molecule has 3 heteroatoms. The van der Waals surface area contributed by atoms with Crippen molar-refractivity contribution in [1.82, 2.24) is 9.97 Å². The molecule has 0 aliphatic carbocycles. The number of nitrogens with zero attached hydrogens (tertiary/aromatic N) is 3. The van der Waals surface area contributed by atoms with Gasteiger partial charge in [-0.15, -0.1) is 0 Å². The van der Waals surface area contributed by atoms with E-state index in [1.807, 2.05) is 6.07 Å². The number of para-hydroxylation sites is 2. The number of aromatic nitrogens is 2. The van der Waals surface area contributed by atoms with E-state index in [0.717, 1.165) is 84.0 Å². The highest BCUT2D eigenvalue weighted by Gasteiger charge is 2.21. The summed E-state index contributed by atoms with van der Waals surface area (Å²) in [7, 11) is 0. The van der Waals surface area contributed by atoms with Crippen molar-refractivity contribution in [2.45, 2.75) is 0 Å². The highest BCUT2D eigenvalue weighted by molar-refractivity contribution is 6.05. The molecule has 0 fully saturated rings. The molecule has 1 heterocycles. The molecule has 0 aliphatic heterocycles. The van der Waals surface area contributed by atoms with Crippen LogP contribution in [0.2, 0.25) is 0 Å². The van der Waals surface area contributed by atoms with E-state index in [-0.39, 0.29) is 0 Å². The van der Waals surface area contributed by atoms with E-state index in [9.17, 15) is 0 Å². The van der Waals surface area contributed by atoms with Gasteiger partial charge in [0.25, 0.3) is 0 Å². The fourth-order valence-electron chi connectivity index (χ4n) is 7.16. The zero-order chi connectivity index (χ0) is 35.4. The number of fused-ring (bicyclic) bond motifs is 1. The fraction of sp³-hybridized carbons (Fsp3) is 0. The third-order valence-electron chi connectivity index (χ3n) is 9.68. The summed E-state index contributed by atoms with van der Waals surface area (Å²) < 4.78 is 0. The van der Waals surface area contributed by atoms with Crippen LogP contribution in [0.3, 0.4) is 0 Å². The first-order valence-corrected chi connectivity index (χ1v) is 17.9. The van der Waals surface area contributed by atoms with Crippen molar-refractivity contribution in [1.29, 1.82) is 0 Å². The van der Waals surface area contributed by atoms with Gasteiger partial charge in [0.05, 0.1) is 22.4 Å². The summed E-state index contributed by atoms with van der Waals surface area (Å²) in [4.78, 5) is 13.5. The van der Waals surface area contributed by atoms with E-state index in [0.29, 0.717) is 0 Å². The monoisotopic (exact) mass is 677 g/mol. The second-order valence-corrected chi connectivity index (χ2v) is 13.0. The molecule has 0 aliphatic rings. The number of hydrogen-bond acceptors (Lipinski definition) is 3. The first-order chi connectivity index (χ1) is 26.3. The van der Waals surface area contributed by atoms with Crippen molar-refractivity contribution < 1.29 is 0 Å². The quantitative estimate of drug-likeness (QED) is 0.160. The molecule has 0 atom stereocenters. The first kappa shape index (κ1) is 31.9. The lowest BCUT2D eigenvalue weighted by Crippen LogP contribution is -2.09. The average molecular weight is 678 g/mol. The molecule has 0 saturated heterocycles. The molecular weight excluding hydrogens is 643 g/mol. The second kappa shape index (κ2) is 14.3. The molecule has 1 aromatic heterocycles. The van der Waals surface area contributed by atoms with Gasteiger partial charge in [-0.2, -0.15) is 0 Å². The van der Waals surface area contributed by atoms with E-state index in [1.165, 1.54) is 0 Å². The Balaban J connectivity index is 1.27. The summed E-state index contributed by atoms with van der Waals surface area (Å²) in [5, 5.41) is 0. The van der Waals surface area contributed by atoms with Gasteiger partial charge in [-0.05, 0) is 58.7 Å². The van der Waals surface area contributed by atoms with Crippen LogP contribution >= 0.6 is 0 Å². The molecule has 9 rings (SSSR count). The van der Waals surface area contributed by atoms with E-state index in [2.05, 4.69) is 211 Å². The van der Waals surface area contributed by atoms with Crippen LogP contribution in [-0.2, 0) is 0 Å². The van der Waals surface area contributed by atoms with Gasteiger partial charge in [0.2, 0.25) is 0 Å². The lowest BCUT2D eigenvalue weighted by molar-refractivity contribution is 1.27. The third kappa shape index (κ3) is 6.26. The van der Waals surface area contributed by atoms with Crippen molar-refractivity contribution in [2.24, 2.45) is 0 Å². The van der Waals surface area contributed by atoms with Gasteiger partial charge < -0.3 is 4.90 Å². The number of anilines is 3. The SMILES string of the molecule is c1ccc(-c2ccccc2-c2ccc(-c3ccccc3)c3nc(-c4ccc(N(c5ccccc5)c5ccccc5)cc4)c(-c4ccccc4)nc23)cc1. The molecule has 53 heavy (non-hydrogen) atoms. The van der Waals surface area contributed by atoms with E-state index in [1.54, 1.807) is 0 Å². The zero-order valence-electron chi connectivity index (χ0n) is 29.0. The summed E-state index contributed by atoms with van der Waals surface area (Å²) in [5.74, 6) is 0. The Hall–Kier alpha value is -7.10. The maximum atomic E-state index is 5.60. The van der Waals surface area contributed by atoms with Crippen LogP contribution in [0.5, 0.6) is 0 Å². The summed E-state index contributed by atoms with van der Waals surface area (Å²) in [5.41, 5.74) is 15.3. The standard InChI is InChI=1S/C50H35N3/c1-6-18-36(19-7-1)43-28-16-17-29-45(43)46-35-34-44(37-20-8-2-9-21-37)49-50(46)52-47(38-22-10-3-11-23-38)48(51-49)39-30-32-42(33-31-39)53(40-24-12-4-13-25-40)41-26-14-5-15-27-41/h1-35H. The van der Waals surface area contributed by atoms with Gasteiger partial charge in [0, 0.05) is 39.3 Å². The van der Waals surface area contributed by atoms with Crippen molar-refractivity contribution in [2.75, 3.05) is 4.90 Å². The Morgan fingerprint density at radius 1 is 0.245 bits per heavy atom. The van der Waals surface area contributed by atoms with Crippen molar-refractivity contribution in [3.05, 3.63) is 212 Å². The molecule has 0 unspecified atom stereocenters. The number of benzene rings is 8. The predicted molar refractivity (Wildman–Crippen MR) is 221 cm³/mol. The van der Waals surface area contributed by atoms with Gasteiger partial charge in [0.15, 0.2) is 0 Å². The minimum absolute atomic E-state index is 0.840. The summed E-state index contributed by atoms with van der Waals surface area (Å²) in [6.07, 6.45) is 0. The Kier molecular flexibility index (Phi) is 8.57. The molecule has 3 nitrogen and oxygen atoms in total. The van der Waals surface area contributed by atoms with Crippen LogP contribution in [0.1, 0.15) is 0 Å². The number of rotatable bonds is 8. The van der Waals surface area contributed by atoms with Gasteiger partial charge >= 0.3 is 0 Å². The Bertz CT molecular complexity index is 2580. The minimum Gasteiger partial charge on any atom is -0.311 e. The van der Waals surface area contributed by atoms with Crippen LogP contribution in [0.4, 0.5) is 17.1 Å². The summed E-state index contributed by atoms with van der Waals surface area (Å²) >= 11 is 0. The van der Waals surface area contributed by atoms with Crippen molar-refractivity contribution >= 4 is 28.1 Å². The fourth-order valence-corrected chi connectivity index (χ4v) is 7.16. The Morgan fingerprint density at radius 2 is 0.604 bits per heavy atom. The van der Waals surface area contributed by atoms with Crippen molar-refractivity contribution in [3.63, 3.8) is 0 Å². The molecule has 0 amide bonds. The highest BCUT2D eigenvalue weighted by Crippen LogP contribution is 2.42. The predicted octanol–water partition coefficient (Wildman–Crippen LogP) is 13.4. The van der Waals surface area contributed by atoms with E-state index >= 15 is 0 Å². The maximum Gasteiger partial charge on any atom is 0.0979 e. The van der Waals surface area contributed by atoms with Crippen LogP contribution < -0.4 is 4.90 Å². The smallest absolute Gasteiger partial charge is 0.0979 e. The molecule has 0 spiro atoms. The van der Waals surface area contributed by atoms with Gasteiger partial charge in [-0.25, -0.2) is 9.97 Å². The Morgan fingerprint density at radius 3 is 1.13 bits per heavy atom. The van der Waals surface area contributed by atoms with Crippen LogP contribution in [-0.4, -0.2) is 9.97 Å². The van der Waals surface area contributed by atoms with Crippen LogP contribution in [0.15, 0.2) is 212 Å². The maximum absolute atomic E-state index is 5.60. The molecule has 9 aromatic rings. The Labute approximate surface area is 310 Å². The van der Waals surface area contributed by atoms with Gasteiger partial charge in [-0.1, -0.05) is 176 Å². The second-order valence-electron chi connectivity index (χ2n) is 13.0. The topological polar surface area (TPSA) is 29.0 Å². The lowest BCUT2D eigenvalue weighted by Gasteiger charge is -2.25. The first-order valence-electron chi connectivity index (χ1n) is 17.9. The average Bonchev–Trinajstić information content (AvgIpc) is 3.25. The lowest BCUT2D eigenvalue weighted by atomic mass is 9.91. The van der Waals surface area contributed by atoms with Gasteiger partial charge in [-0.3, -0.25) is 0 Å². The normalized spacial score (nSPS) is 11.0. The number of hydrogen-bond donors (Lipinski definition) is 0. The van der Waals surface area contributed by atoms with E-state index in [4.69, 9.17) is 9.97 Å². The molecule has 0 radical (unpaired) electrons. The highest BCUT2D eigenvalue weighted by atomic mass is 15.1. The molecule has 0 N–H and O–H groups in total. The minimum atomic E-state index is 0.840. The van der Waals surface area contributed by atoms with E-state index < -0.39 is 0 Å². The molecular formula is C50H35N3. The molecule has 0 saturated carbocycles. The van der Waals surface area contributed by atoms with Gasteiger partial charge in [0.1, 0.15) is 0 Å². The van der Waals surface area contributed by atoms with Crippen LogP contribution in [0, 0.1) is 0 Å². The summed E-state index contributed by atoms with van der Waals surface area (Å²) in [6.45, 7) is 0. The summed E-state index contributed by atoms with van der Waals surface area (Å²) in [6, 6.07) is 74.2. The zero-order valence-corrected chi connectivity index (χ0v) is 29.0. The van der Waals surface area contributed by atoms with Crippen LogP contribution in [0.25, 0.3) is 66.9 Å².